The topological polar surface area (TPSA) is 142 Å². The number of hydrogen-bond donors (Lipinski definition) is 2. The third-order valence-electron chi connectivity index (χ3n) is 4.11. The average molecular weight is 432 g/mol. The van der Waals surface area contributed by atoms with Crippen molar-refractivity contribution in [1.29, 1.82) is 0 Å². The van der Waals surface area contributed by atoms with Gasteiger partial charge in [-0.25, -0.2) is 13.4 Å². The number of nitrogens with zero attached hydrogens (tertiary/aromatic N) is 2. The lowest BCUT2D eigenvalue weighted by Gasteiger charge is -2.11. The second-order valence-electron chi connectivity index (χ2n) is 6.39. The number of hydrogen-bond acceptors (Lipinski definition) is 7. The van der Waals surface area contributed by atoms with Crippen molar-refractivity contribution in [3.05, 3.63) is 53.9 Å². The molecule has 158 valence electrons. The van der Waals surface area contributed by atoms with Crippen molar-refractivity contribution in [3.8, 4) is 11.5 Å². The number of carbonyl (C=O) groups excluding carboxylic acids is 2. The number of primary amides is 1. The SMILES string of the molecule is COc1cc(CNC(=O)c2nc(S(C)(=O)=O)n3ccccc23)ccc1OCC(N)=O. The van der Waals surface area contributed by atoms with Crippen molar-refractivity contribution in [1.82, 2.24) is 14.7 Å². The number of imidazole rings is 1. The van der Waals surface area contributed by atoms with Gasteiger partial charge in [-0.1, -0.05) is 12.1 Å². The monoisotopic (exact) mass is 432 g/mol. The lowest BCUT2D eigenvalue weighted by atomic mass is 10.2. The van der Waals surface area contributed by atoms with Gasteiger partial charge in [-0.15, -0.1) is 0 Å². The van der Waals surface area contributed by atoms with Crippen molar-refractivity contribution in [3.63, 3.8) is 0 Å². The third kappa shape index (κ3) is 4.51. The van der Waals surface area contributed by atoms with Crippen LogP contribution in [0.2, 0.25) is 0 Å². The molecule has 0 saturated heterocycles. The Hall–Kier alpha value is -3.60. The number of benzene rings is 1. The van der Waals surface area contributed by atoms with E-state index >= 15 is 0 Å². The highest BCUT2D eigenvalue weighted by atomic mass is 32.2. The van der Waals surface area contributed by atoms with Crippen LogP contribution in [-0.2, 0) is 21.2 Å². The summed E-state index contributed by atoms with van der Waals surface area (Å²) < 4.78 is 35.8. The Balaban J connectivity index is 1.80. The lowest BCUT2D eigenvalue weighted by molar-refractivity contribution is -0.119. The molecular formula is C19H20N4O6S. The Morgan fingerprint density at radius 1 is 1.20 bits per heavy atom. The molecule has 0 radical (unpaired) electrons. The second-order valence-corrected chi connectivity index (χ2v) is 8.30. The molecule has 0 atom stereocenters. The van der Waals surface area contributed by atoms with E-state index in [-0.39, 0.29) is 24.0 Å². The van der Waals surface area contributed by atoms with E-state index in [1.807, 2.05) is 0 Å². The Bertz CT molecular complexity index is 1220. The van der Waals surface area contributed by atoms with E-state index in [2.05, 4.69) is 10.3 Å². The van der Waals surface area contributed by atoms with E-state index in [1.165, 1.54) is 17.7 Å². The molecule has 3 aromatic rings. The summed E-state index contributed by atoms with van der Waals surface area (Å²) >= 11 is 0. The molecular weight excluding hydrogens is 412 g/mol. The van der Waals surface area contributed by atoms with Gasteiger partial charge in [0.2, 0.25) is 15.0 Å². The molecule has 30 heavy (non-hydrogen) atoms. The van der Waals surface area contributed by atoms with E-state index in [9.17, 15) is 18.0 Å². The Labute approximate surface area is 172 Å². The summed E-state index contributed by atoms with van der Waals surface area (Å²) in [4.78, 5) is 27.6. The van der Waals surface area contributed by atoms with Gasteiger partial charge in [-0.2, -0.15) is 0 Å². The van der Waals surface area contributed by atoms with Gasteiger partial charge in [0.05, 0.1) is 12.6 Å². The fourth-order valence-electron chi connectivity index (χ4n) is 2.79. The predicted molar refractivity (Wildman–Crippen MR) is 107 cm³/mol. The number of aromatic nitrogens is 2. The molecule has 11 heteroatoms. The zero-order chi connectivity index (χ0) is 21.9. The molecule has 0 saturated carbocycles. The maximum atomic E-state index is 12.7. The van der Waals surface area contributed by atoms with Gasteiger partial charge < -0.3 is 20.5 Å². The molecule has 2 amide bonds. The maximum Gasteiger partial charge on any atom is 0.272 e. The van der Waals surface area contributed by atoms with Crippen LogP contribution < -0.4 is 20.5 Å². The molecule has 10 nitrogen and oxygen atoms in total. The van der Waals surface area contributed by atoms with Crippen molar-refractivity contribution in [2.24, 2.45) is 5.73 Å². The van der Waals surface area contributed by atoms with Crippen LogP contribution in [-0.4, -0.2) is 49.6 Å². The van der Waals surface area contributed by atoms with Crippen LogP contribution in [0.1, 0.15) is 16.1 Å². The third-order valence-corrected chi connectivity index (χ3v) is 5.07. The standard InChI is InChI=1S/C19H20N4O6S/c1-28-15-9-12(6-7-14(15)29-11-16(20)24)10-21-18(25)17-13-5-3-4-8-23(13)19(22-17)30(2,26)27/h3-9H,10-11H2,1-2H3,(H2,20,24)(H,21,25). The van der Waals surface area contributed by atoms with Crippen LogP contribution in [0.25, 0.3) is 5.52 Å². The molecule has 0 aliphatic heterocycles. The van der Waals surface area contributed by atoms with Crippen LogP contribution in [0.15, 0.2) is 47.8 Å². The Kier molecular flexibility index (Phi) is 5.92. The summed E-state index contributed by atoms with van der Waals surface area (Å²) in [6.07, 6.45) is 2.57. The van der Waals surface area contributed by atoms with E-state index in [0.29, 0.717) is 22.6 Å². The Morgan fingerprint density at radius 2 is 1.97 bits per heavy atom. The Morgan fingerprint density at radius 3 is 2.63 bits per heavy atom. The average Bonchev–Trinajstić information content (AvgIpc) is 3.11. The molecule has 0 fully saturated rings. The van der Waals surface area contributed by atoms with Crippen LogP contribution in [0.4, 0.5) is 0 Å². The number of ether oxygens (including phenoxy) is 2. The fraction of sp³-hybridized carbons (Fsp3) is 0.211. The first-order chi connectivity index (χ1) is 14.2. The molecule has 0 bridgehead atoms. The number of nitrogens with one attached hydrogen (secondary N) is 1. The summed E-state index contributed by atoms with van der Waals surface area (Å²) in [6, 6.07) is 9.88. The summed E-state index contributed by atoms with van der Waals surface area (Å²) in [7, 11) is -2.18. The highest BCUT2D eigenvalue weighted by Crippen LogP contribution is 2.28. The minimum absolute atomic E-state index is 0.00408. The van der Waals surface area contributed by atoms with E-state index < -0.39 is 21.7 Å². The van der Waals surface area contributed by atoms with Crippen LogP contribution in [0, 0.1) is 0 Å². The van der Waals surface area contributed by atoms with Gasteiger partial charge in [-0.05, 0) is 29.8 Å². The van der Waals surface area contributed by atoms with Gasteiger partial charge in [0.15, 0.2) is 23.8 Å². The zero-order valence-corrected chi connectivity index (χ0v) is 17.1. The number of rotatable bonds is 8. The van der Waals surface area contributed by atoms with E-state index in [0.717, 1.165) is 6.26 Å². The zero-order valence-electron chi connectivity index (χ0n) is 16.3. The molecule has 2 heterocycles. The number of carbonyl (C=O) groups is 2. The molecule has 2 aromatic heterocycles. The highest BCUT2D eigenvalue weighted by molar-refractivity contribution is 7.90. The van der Waals surface area contributed by atoms with Crippen LogP contribution in [0.5, 0.6) is 11.5 Å². The highest BCUT2D eigenvalue weighted by Gasteiger charge is 2.22. The van der Waals surface area contributed by atoms with Crippen molar-refractivity contribution >= 4 is 27.2 Å². The molecule has 3 N–H and O–H groups in total. The molecule has 0 spiro atoms. The van der Waals surface area contributed by atoms with Crippen molar-refractivity contribution in [2.75, 3.05) is 20.0 Å². The number of amides is 2. The largest absolute Gasteiger partial charge is 0.493 e. The second kappa shape index (κ2) is 8.41. The molecule has 3 rings (SSSR count). The normalized spacial score (nSPS) is 11.3. The smallest absolute Gasteiger partial charge is 0.272 e. The molecule has 1 aromatic carbocycles. The molecule has 0 aliphatic carbocycles. The number of fused-ring (bicyclic) bond motifs is 1. The summed E-state index contributed by atoms with van der Waals surface area (Å²) in [6.45, 7) is -0.159. The quantitative estimate of drug-likeness (QED) is 0.529. The summed E-state index contributed by atoms with van der Waals surface area (Å²) in [5.41, 5.74) is 6.14. The number of pyridine rings is 1. The van der Waals surface area contributed by atoms with Gasteiger partial charge in [0.25, 0.3) is 11.8 Å². The fourth-order valence-corrected chi connectivity index (χ4v) is 3.57. The van der Waals surface area contributed by atoms with Crippen LogP contribution in [0.3, 0.4) is 0 Å². The minimum Gasteiger partial charge on any atom is -0.493 e. The van der Waals surface area contributed by atoms with E-state index in [4.69, 9.17) is 15.2 Å². The van der Waals surface area contributed by atoms with Gasteiger partial charge in [-0.3, -0.25) is 14.0 Å². The van der Waals surface area contributed by atoms with Crippen molar-refractivity contribution in [2.45, 2.75) is 11.7 Å². The first kappa shape index (κ1) is 21.1. The number of sulfone groups is 1. The first-order valence-corrected chi connectivity index (χ1v) is 10.6. The predicted octanol–water partition coefficient (Wildman–Crippen LogP) is 0.540. The molecule has 0 unspecified atom stereocenters. The summed E-state index contributed by atoms with van der Waals surface area (Å²) in [5.74, 6) is -0.435. The molecule has 0 aliphatic rings. The van der Waals surface area contributed by atoms with Crippen molar-refractivity contribution < 1.29 is 27.5 Å². The first-order valence-electron chi connectivity index (χ1n) is 8.74. The van der Waals surface area contributed by atoms with Gasteiger partial charge in [0.1, 0.15) is 0 Å². The lowest BCUT2D eigenvalue weighted by Crippen LogP contribution is -2.23. The number of nitrogens with two attached hydrogens (primary N) is 1. The summed E-state index contributed by atoms with van der Waals surface area (Å²) in [5, 5.41) is 2.51. The number of methoxy groups -OCH3 is 1. The van der Waals surface area contributed by atoms with E-state index in [1.54, 1.807) is 36.4 Å². The maximum absolute atomic E-state index is 12.7. The van der Waals surface area contributed by atoms with Gasteiger partial charge in [0, 0.05) is 19.0 Å². The minimum atomic E-state index is -3.63. The van der Waals surface area contributed by atoms with Crippen LogP contribution >= 0.6 is 0 Å². The van der Waals surface area contributed by atoms with Gasteiger partial charge >= 0.3 is 0 Å².